The molecule has 98 valence electrons. The summed E-state index contributed by atoms with van der Waals surface area (Å²) in [6.07, 6.45) is 5.27. The van der Waals surface area contributed by atoms with E-state index < -0.39 is 11.6 Å². The van der Waals surface area contributed by atoms with E-state index in [1.165, 1.54) is 0 Å². The van der Waals surface area contributed by atoms with Crippen molar-refractivity contribution in [1.29, 1.82) is 0 Å². The maximum absolute atomic E-state index is 10.8. The van der Waals surface area contributed by atoms with E-state index in [1.54, 1.807) is 18.5 Å². The molecular weight excluding hydrogens is 234 g/mol. The van der Waals surface area contributed by atoms with Crippen molar-refractivity contribution < 1.29 is 15.0 Å². The van der Waals surface area contributed by atoms with Crippen molar-refractivity contribution in [2.24, 2.45) is 5.92 Å². The molecule has 1 aliphatic carbocycles. The van der Waals surface area contributed by atoms with Crippen LogP contribution in [0.5, 0.6) is 0 Å². The second-order valence-corrected chi connectivity index (χ2v) is 4.76. The van der Waals surface area contributed by atoms with Crippen molar-refractivity contribution >= 4 is 11.9 Å². The van der Waals surface area contributed by atoms with E-state index in [0.29, 0.717) is 38.2 Å². The monoisotopic (exact) mass is 251 g/mol. The lowest BCUT2D eigenvalue weighted by molar-refractivity contribution is -0.144. The molecule has 0 radical (unpaired) electrons. The standard InChI is InChI=1S/C12H17N3O3/c16-10(17)9-2-4-12(18,5-3-9)8-15-11-13-6-1-7-14-11/h1,6-7,9,18H,2-5,8H2,(H,16,17)(H,13,14,15)/t9-,12+. The highest BCUT2D eigenvalue weighted by molar-refractivity contribution is 5.70. The molecule has 3 N–H and O–H groups in total. The van der Waals surface area contributed by atoms with Crippen LogP contribution in [0.2, 0.25) is 0 Å². The summed E-state index contributed by atoms with van der Waals surface area (Å²) in [4.78, 5) is 18.8. The second-order valence-electron chi connectivity index (χ2n) is 4.76. The SMILES string of the molecule is O=C(O)[C@H]1CC[C@](O)(CNc2ncccn2)CC1. The minimum absolute atomic E-state index is 0.321. The average molecular weight is 251 g/mol. The summed E-state index contributed by atoms with van der Waals surface area (Å²) >= 11 is 0. The minimum Gasteiger partial charge on any atom is -0.481 e. The van der Waals surface area contributed by atoms with Gasteiger partial charge in [0.15, 0.2) is 0 Å². The van der Waals surface area contributed by atoms with E-state index in [2.05, 4.69) is 15.3 Å². The predicted molar refractivity (Wildman–Crippen MR) is 65.1 cm³/mol. The average Bonchev–Trinajstić information content (AvgIpc) is 2.38. The Bertz CT molecular complexity index is 402. The molecule has 0 aliphatic heterocycles. The van der Waals surface area contributed by atoms with E-state index in [4.69, 9.17) is 5.11 Å². The van der Waals surface area contributed by atoms with Crippen LogP contribution >= 0.6 is 0 Å². The van der Waals surface area contributed by atoms with Crippen LogP contribution in [0.3, 0.4) is 0 Å². The van der Waals surface area contributed by atoms with Gasteiger partial charge in [-0.25, -0.2) is 9.97 Å². The molecule has 2 rings (SSSR count). The fourth-order valence-corrected chi connectivity index (χ4v) is 2.21. The lowest BCUT2D eigenvalue weighted by Crippen LogP contribution is -2.42. The number of rotatable bonds is 4. The van der Waals surface area contributed by atoms with Gasteiger partial charge in [0.1, 0.15) is 0 Å². The maximum Gasteiger partial charge on any atom is 0.306 e. The number of hydrogen-bond acceptors (Lipinski definition) is 5. The number of carboxylic acid groups (broad SMARTS) is 1. The Morgan fingerprint density at radius 2 is 2.00 bits per heavy atom. The van der Waals surface area contributed by atoms with Crippen molar-refractivity contribution in [2.75, 3.05) is 11.9 Å². The molecule has 0 unspecified atom stereocenters. The van der Waals surface area contributed by atoms with Gasteiger partial charge in [-0.05, 0) is 31.7 Å². The van der Waals surface area contributed by atoms with Crippen LogP contribution in [0.25, 0.3) is 0 Å². The van der Waals surface area contributed by atoms with Gasteiger partial charge in [0.25, 0.3) is 0 Å². The van der Waals surface area contributed by atoms with E-state index in [1.807, 2.05) is 0 Å². The topological polar surface area (TPSA) is 95.3 Å². The Morgan fingerprint density at radius 3 is 2.56 bits per heavy atom. The van der Waals surface area contributed by atoms with E-state index >= 15 is 0 Å². The normalized spacial score (nSPS) is 27.7. The van der Waals surface area contributed by atoms with Crippen molar-refractivity contribution in [3.05, 3.63) is 18.5 Å². The fourth-order valence-electron chi connectivity index (χ4n) is 2.21. The van der Waals surface area contributed by atoms with E-state index in [9.17, 15) is 9.90 Å². The third-order valence-electron chi connectivity index (χ3n) is 3.41. The van der Waals surface area contributed by atoms with Crippen LogP contribution < -0.4 is 5.32 Å². The van der Waals surface area contributed by atoms with E-state index in [-0.39, 0.29) is 5.92 Å². The molecule has 0 amide bonds. The molecule has 0 atom stereocenters. The quantitative estimate of drug-likeness (QED) is 0.735. The summed E-state index contributed by atoms with van der Waals surface area (Å²) in [5, 5.41) is 22.2. The number of aliphatic hydroxyl groups is 1. The highest BCUT2D eigenvalue weighted by Gasteiger charge is 2.35. The van der Waals surface area contributed by atoms with Crippen molar-refractivity contribution in [3.8, 4) is 0 Å². The highest BCUT2D eigenvalue weighted by atomic mass is 16.4. The Balaban J connectivity index is 1.85. The third-order valence-corrected chi connectivity index (χ3v) is 3.41. The Labute approximate surface area is 105 Å². The summed E-state index contributed by atoms with van der Waals surface area (Å²) in [5.74, 6) is -0.610. The van der Waals surface area contributed by atoms with Crippen LogP contribution in [0.15, 0.2) is 18.5 Å². The maximum atomic E-state index is 10.8. The van der Waals surface area contributed by atoms with Crippen LogP contribution in [0, 0.1) is 5.92 Å². The van der Waals surface area contributed by atoms with Crippen LogP contribution in [0.1, 0.15) is 25.7 Å². The summed E-state index contributed by atoms with van der Waals surface area (Å²) in [6.45, 7) is 0.351. The Kier molecular flexibility index (Phi) is 3.76. The molecule has 0 spiro atoms. The predicted octanol–water partition coefficient (Wildman–Crippen LogP) is 0.894. The van der Waals surface area contributed by atoms with Crippen molar-refractivity contribution in [2.45, 2.75) is 31.3 Å². The summed E-state index contributed by atoms with van der Waals surface area (Å²) in [6, 6.07) is 1.72. The van der Waals surface area contributed by atoms with Gasteiger partial charge in [-0.3, -0.25) is 4.79 Å². The molecule has 1 aliphatic rings. The number of hydrogen-bond donors (Lipinski definition) is 3. The van der Waals surface area contributed by atoms with Crippen molar-refractivity contribution in [3.63, 3.8) is 0 Å². The molecule has 1 aromatic rings. The molecule has 6 heteroatoms. The van der Waals surface area contributed by atoms with Gasteiger partial charge in [0, 0.05) is 18.9 Å². The molecule has 0 saturated heterocycles. The number of nitrogens with one attached hydrogen (secondary N) is 1. The number of nitrogens with zero attached hydrogens (tertiary/aromatic N) is 2. The molecule has 1 heterocycles. The number of carboxylic acids is 1. The number of aromatic nitrogens is 2. The van der Waals surface area contributed by atoms with Crippen LogP contribution in [-0.4, -0.2) is 38.3 Å². The van der Waals surface area contributed by atoms with Gasteiger partial charge >= 0.3 is 5.97 Å². The van der Waals surface area contributed by atoms with Gasteiger partial charge in [-0.2, -0.15) is 0 Å². The smallest absolute Gasteiger partial charge is 0.306 e. The Hall–Kier alpha value is -1.69. The lowest BCUT2D eigenvalue weighted by atomic mass is 9.79. The molecular formula is C12H17N3O3. The first-order valence-corrected chi connectivity index (χ1v) is 6.05. The van der Waals surface area contributed by atoms with Gasteiger partial charge in [-0.1, -0.05) is 0 Å². The summed E-state index contributed by atoms with van der Waals surface area (Å²) in [7, 11) is 0. The van der Waals surface area contributed by atoms with Gasteiger partial charge in [-0.15, -0.1) is 0 Å². The largest absolute Gasteiger partial charge is 0.481 e. The third kappa shape index (κ3) is 3.16. The number of anilines is 1. The lowest BCUT2D eigenvalue weighted by Gasteiger charge is -2.34. The van der Waals surface area contributed by atoms with E-state index in [0.717, 1.165) is 0 Å². The zero-order chi connectivity index (χ0) is 13.0. The number of carbonyl (C=O) groups is 1. The van der Waals surface area contributed by atoms with Gasteiger partial charge in [0.05, 0.1) is 11.5 Å². The zero-order valence-corrected chi connectivity index (χ0v) is 10.0. The molecule has 18 heavy (non-hydrogen) atoms. The summed E-state index contributed by atoms with van der Waals surface area (Å²) < 4.78 is 0. The second kappa shape index (κ2) is 5.30. The first kappa shape index (κ1) is 12.8. The highest BCUT2D eigenvalue weighted by Crippen LogP contribution is 2.32. The molecule has 1 fully saturated rings. The molecule has 1 saturated carbocycles. The first-order valence-electron chi connectivity index (χ1n) is 6.05. The van der Waals surface area contributed by atoms with Crippen molar-refractivity contribution in [1.82, 2.24) is 9.97 Å². The van der Waals surface area contributed by atoms with Gasteiger partial charge < -0.3 is 15.5 Å². The Morgan fingerprint density at radius 1 is 1.39 bits per heavy atom. The molecule has 0 bridgehead atoms. The number of aliphatic carboxylic acids is 1. The first-order chi connectivity index (χ1) is 8.59. The minimum atomic E-state index is -0.856. The summed E-state index contributed by atoms with van der Waals surface area (Å²) in [5.41, 5.74) is -0.856. The molecule has 6 nitrogen and oxygen atoms in total. The molecule has 0 aromatic carbocycles. The van der Waals surface area contributed by atoms with Crippen LogP contribution in [-0.2, 0) is 4.79 Å². The molecule has 1 aromatic heterocycles. The fraction of sp³-hybridized carbons (Fsp3) is 0.583. The zero-order valence-electron chi connectivity index (χ0n) is 10.0. The van der Waals surface area contributed by atoms with Crippen LogP contribution in [0.4, 0.5) is 5.95 Å². The van der Waals surface area contributed by atoms with Gasteiger partial charge in [0.2, 0.25) is 5.95 Å².